The summed E-state index contributed by atoms with van der Waals surface area (Å²) in [5, 5.41) is 9.00. The number of rotatable bonds is 6. The summed E-state index contributed by atoms with van der Waals surface area (Å²) >= 11 is 3.47. The molecule has 84 valence electrons. The van der Waals surface area contributed by atoms with Crippen molar-refractivity contribution in [3.63, 3.8) is 0 Å². The highest BCUT2D eigenvalue weighted by atomic mass is 79.9. The van der Waals surface area contributed by atoms with Crippen LogP contribution in [0.2, 0.25) is 0 Å². The predicted octanol–water partition coefficient (Wildman–Crippen LogP) is 2.44. The molecule has 0 saturated carbocycles. The van der Waals surface area contributed by atoms with Gasteiger partial charge in [0.25, 0.3) is 0 Å². The van der Waals surface area contributed by atoms with Crippen LogP contribution in [0.5, 0.6) is 0 Å². The Morgan fingerprint density at radius 2 is 2.27 bits per heavy atom. The van der Waals surface area contributed by atoms with E-state index in [0.29, 0.717) is 6.54 Å². The van der Waals surface area contributed by atoms with Crippen molar-refractivity contribution in [3.05, 3.63) is 22.8 Å². The van der Waals surface area contributed by atoms with E-state index < -0.39 is 0 Å². The highest BCUT2D eigenvalue weighted by Gasteiger charge is 2.09. The van der Waals surface area contributed by atoms with E-state index in [4.69, 9.17) is 5.11 Å². The molecule has 15 heavy (non-hydrogen) atoms. The first-order valence-corrected chi connectivity index (χ1v) is 6.05. The van der Waals surface area contributed by atoms with E-state index in [-0.39, 0.29) is 6.61 Å². The molecular formula is C11H17BrN2O. The lowest BCUT2D eigenvalue weighted by Crippen LogP contribution is -2.28. The first kappa shape index (κ1) is 12.5. The maximum Gasteiger partial charge on any atom is 0.142 e. The average Bonchev–Trinajstić information content (AvgIpc) is 2.25. The second kappa shape index (κ2) is 6.80. The summed E-state index contributed by atoms with van der Waals surface area (Å²) in [6.45, 7) is 3.89. The third-order valence-electron chi connectivity index (χ3n) is 2.19. The number of hydrogen-bond acceptors (Lipinski definition) is 3. The van der Waals surface area contributed by atoms with Gasteiger partial charge in [0.05, 0.1) is 11.1 Å². The number of halogens is 1. The Morgan fingerprint density at radius 1 is 1.47 bits per heavy atom. The highest BCUT2D eigenvalue weighted by molar-refractivity contribution is 9.10. The minimum Gasteiger partial charge on any atom is -0.395 e. The Hall–Kier alpha value is -0.610. The lowest BCUT2D eigenvalue weighted by atomic mass is 10.3. The summed E-state index contributed by atoms with van der Waals surface area (Å²) in [4.78, 5) is 6.42. The molecule has 0 spiro atoms. The summed E-state index contributed by atoms with van der Waals surface area (Å²) in [5.74, 6) is 0.917. The molecule has 0 amide bonds. The quantitative estimate of drug-likeness (QED) is 0.864. The van der Waals surface area contributed by atoms with Gasteiger partial charge in [-0.25, -0.2) is 4.98 Å². The monoisotopic (exact) mass is 272 g/mol. The molecule has 0 aromatic carbocycles. The molecule has 3 nitrogen and oxygen atoms in total. The number of pyridine rings is 1. The molecule has 1 rings (SSSR count). The van der Waals surface area contributed by atoms with E-state index in [1.807, 2.05) is 12.1 Å². The van der Waals surface area contributed by atoms with E-state index in [9.17, 15) is 0 Å². The lowest BCUT2D eigenvalue weighted by molar-refractivity contribution is 0.301. The third-order valence-corrected chi connectivity index (χ3v) is 2.81. The topological polar surface area (TPSA) is 36.4 Å². The van der Waals surface area contributed by atoms with Gasteiger partial charge in [-0.15, -0.1) is 0 Å². The fourth-order valence-corrected chi connectivity index (χ4v) is 1.91. The van der Waals surface area contributed by atoms with Crippen LogP contribution in [-0.2, 0) is 0 Å². The fraction of sp³-hybridized carbons (Fsp3) is 0.545. The summed E-state index contributed by atoms with van der Waals surface area (Å²) in [5.41, 5.74) is 0. The van der Waals surface area contributed by atoms with Crippen molar-refractivity contribution in [2.24, 2.45) is 0 Å². The van der Waals surface area contributed by atoms with Gasteiger partial charge in [-0.05, 0) is 34.5 Å². The van der Waals surface area contributed by atoms with Crippen molar-refractivity contribution in [1.29, 1.82) is 0 Å². The molecule has 0 aliphatic heterocycles. The van der Waals surface area contributed by atoms with Crippen LogP contribution in [-0.4, -0.2) is 29.8 Å². The molecule has 0 bridgehead atoms. The first-order chi connectivity index (χ1) is 7.29. The largest absolute Gasteiger partial charge is 0.395 e. The number of aliphatic hydroxyl groups is 1. The minimum absolute atomic E-state index is 0.159. The molecule has 0 aliphatic carbocycles. The van der Waals surface area contributed by atoms with Crippen molar-refractivity contribution >= 4 is 21.7 Å². The summed E-state index contributed by atoms with van der Waals surface area (Å²) in [7, 11) is 0. The van der Waals surface area contributed by atoms with Crippen LogP contribution in [0.3, 0.4) is 0 Å². The minimum atomic E-state index is 0.159. The third kappa shape index (κ3) is 3.80. The van der Waals surface area contributed by atoms with Crippen LogP contribution in [0, 0.1) is 0 Å². The van der Waals surface area contributed by atoms with Crippen LogP contribution in [0.4, 0.5) is 5.82 Å². The van der Waals surface area contributed by atoms with Gasteiger partial charge in [-0.3, -0.25) is 0 Å². The van der Waals surface area contributed by atoms with E-state index in [1.54, 1.807) is 6.20 Å². The van der Waals surface area contributed by atoms with Crippen LogP contribution in [0.1, 0.15) is 19.8 Å². The van der Waals surface area contributed by atoms with E-state index in [1.165, 1.54) is 0 Å². The summed E-state index contributed by atoms with van der Waals surface area (Å²) < 4.78 is 0.981. The number of aromatic nitrogens is 1. The zero-order valence-corrected chi connectivity index (χ0v) is 10.6. The van der Waals surface area contributed by atoms with Gasteiger partial charge < -0.3 is 10.0 Å². The van der Waals surface area contributed by atoms with Crippen LogP contribution < -0.4 is 4.90 Å². The molecule has 0 atom stereocenters. The molecule has 0 fully saturated rings. The number of nitrogens with zero attached hydrogens (tertiary/aromatic N) is 2. The van der Waals surface area contributed by atoms with Gasteiger partial charge in [0.1, 0.15) is 5.82 Å². The number of unbranched alkanes of at least 4 members (excludes halogenated alkanes) is 1. The smallest absolute Gasteiger partial charge is 0.142 e. The number of hydrogen-bond donors (Lipinski definition) is 1. The van der Waals surface area contributed by atoms with Gasteiger partial charge in [-0.1, -0.05) is 13.3 Å². The second-order valence-electron chi connectivity index (χ2n) is 3.37. The lowest BCUT2D eigenvalue weighted by Gasteiger charge is -2.23. The van der Waals surface area contributed by atoms with Crippen LogP contribution >= 0.6 is 15.9 Å². The molecule has 4 heteroatoms. The van der Waals surface area contributed by atoms with E-state index in [0.717, 1.165) is 29.7 Å². The van der Waals surface area contributed by atoms with Gasteiger partial charge in [0.15, 0.2) is 0 Å². The van der Waals surface area contributed by atoms with E-state index in [2.05, 4.69) is 32.7 Å². The Balaban J connectivity index is 2.74. The molecule has 0 unspecified atom stereocenters. The Bertz CT molecular complexity index is 294. The summed E-state index contributed by atoms with van der Waals surface area (Å²) in [6.07, 6.45) is 4.03. The van der Waals surface area contributed by atoms with Gasteiger partial charge in [-0.2, -0.15) is 0 Å². The molecule has 1 aromatic rings. The SMILES string of the molecule is CCCCN(CCO)c1ncccc1Br. The number of aliphatic hydroxyl groups excluding tert-OH is 1. The molecule has 0 aliphatic rings. The molecule has 0 saturated heterocycles. The Kier molecular flexibility index (Phi) is 5.65. The molecule has 1 N–H and O–H groups in total. The van der Waals surface area contributed by atoms with Gasteiger partial charge in [0, 0.05) is 19.3 Å². The second-order valence-corrected chi connectivity index (χ2v) is 4.23. The summed E-state index contributed by atoms with van der Waals surface area (Å²) in [6, 6.07) is 3.86. The maximum absolute atomic E-state index is 9.00. The molecule has 1 heterocycles. The van der Waals surface area contributed by atoms with Crippen molar-refractivity contribution in [2.45, 2.75) is 19.8 Å². The molecule has 1 aromatic heterocycles. The fourth-order valence-electron chi connectivity index (χ4n) is 1.40. The van der Waals surface area contributed by atoms with Crippen LogP contribution in [0.15, 0.2) is 22.8 Å². The average molecular weight is 273 g/mol. The van der Waals surface area contributed by atoms with Gasteiger partial charge >= 0.3 is 0 Å². The normalized spacial score (nSPS) is 10.3. The Labute approximate surface area is 99.3 Å². The molecule has 0 radical (unpaired) electrons. The van der Waals surface area contributed by atoms with Gasteiger partial charge in [0.2, 0.25) is 0 Å². The van der Waals surface area contributed by atoms with Crippen molar-refractivity contribution in [2.75, 3.05) is 24.6 Å². The first-order valence-electron chi connectivity index (χ1n) is 5.26. The van der Waals surface area contributed by atoms with Crippen molar-refractivity contribution in [3.8, 4) is 0 Å². The maximum atomic E-state index is 9.00. The van der Waals surface area contributed by atoms with Crippen molar-refractivity contribution < 1.29 is 5.11 Å². The zero-order valence-electron chi connectivity index (χ0n) is 8.99. The zero-order chi connectivity index (χ0) is 11.1. The predicted molar refractivity (Wildman–Crippen MR) is 66.1 cm³/mol. The molecular weight excluding hydrogens is 256 g/mol. The van der Waals surface area contributed by atoms with Crippen molar-refractivity contribution in [1.82, 2.24) is 4.98 Å². The highest BCUT2D eigenvalue weighted by Crippen LogP contribution is 2.22. The van der Waals surface area contributed by atoms with Crippen LogP contribution in [0.25, 0.3) is 0 Å². The Morgan fingerprint density at radius 3 is 2.87 bits per heavy atom. The standard InChI is InChI=1S/C11H17BrN2O/c1-2-3-7-14(8-9-15)11-10(12)5-4-6-13-11/h4-6,15H,2-3,7-9H2,1H3. The number of anilines is 1. The van der Waals surface area contributed by atoms with E-state index >= 15 is 0 Å².